The van der Waals surface area contributed by atoms with Crippen molar-refractivity contribution in [2.75, 3.05) is 5.32 Å². The number of hydrogen-bond donors (Lipinski definition) is 1. The SMILES string of the molecule is CC(C)(C)OC(=O)Nc1cccc(C(F)(F)F)c1F. The number of alkyl halides is 3. The smallest absolute Gasteiger partial charge is 0.419 e. The molecule has 0 radical (unpaired) electrons. The van der Waals surface area contributed by atoms with Gasteiger partial charge in [0.25, 0.3) is 0 Å². The minimum absolute atomic E-state index is 0.580. The van der Waals surface area contributed by atoms with E-state index in [4.69, 9.17) is 4.74 Å². The summed E-state index contributed by atoms with van der Waals surface area (Å²) in [5, 5.41) is 1.94. The number of ether oxygens (including phenoxy) is 1. The Morgan fingerprint density at radius 2 is 1.79 bits per heavy atom. The average Bonchev–Trinajstić information content (AvgIpc) is 2.16. The van der Waals surface area contributed by atoms with E-state index in [9.17, 15) is 22.4 Å². The average molecular weight is 279 g/mol. The Kier molecular flexibility index (Phi) is 4.07. The monoisotopic (exact) mass is 279 g/mol. The molecule has 0 aromatic heterocycles. The summed E-state index contributed by atoms with van der Waals surface area (Å²) in [6, 6.07) is 2.61. The summed E-state index contributed by atoms with van der Waals surface area (Å²) >= 11 is 0. The van der Waals surface area contributed by atoms with Gasteiger partial charge in [-0.2, -0.15) is 13.2 Å². The molecule has 0 aliphatic heterocycles. The molecule has 0 spiro atoms. The Morgan fingerprint density at radius 1 is 1.21 bits per heavy atom. The van der Waals surface area contributed by atoms with E-state index in [0.717, 1.165) is 12.1 Å². The molecule has 1 aromatic carbocycles. The highest BCUT2D eigenvalue weighted by atomic mass is 19.4. The number of benzene rings is 1. The molecule has 0 atom stereocenters. The summed E-state index contributed by atoms with van der Waals surface area (Å²) < 4.78 is 55.8. The van der Waals surface area contributed by atoms with Crippen LogP contribution in [0, 0.1) is 5.82 Å². The summed E-state index contributed by atoms with van der Waals surface area (Å²) in [7, 11) is 0. The first-order valence-corrected chi connectivity index (χ1v) is 5.36. The van der Waals surface area contributed by atoms with E-state index in [1.54, 1.807) is 20.8 Å². The van der Waals surface area contributed by atoms with Crippen molar-refractivity contribution in [3.63, 3.8) is 0 Å². The van der Waals surface area contributed by atoms with Gasteiger partial charge in [0.2, 0.25) is 0 Å². The minimum Gasteiger partial charge on any atom is -0.444 e. The highest BCUT2D eigenvalue weighted by molar-refractivity contribution is 5.85. The van der Waals surface area contributed by atoms with Gasteiger partial charge in [0.1, 0.15) is 5.60 Å². The summed E-state index contributed by atoms with van der Waals surface area (Å²) in [4.78, 5) is 11.4. The van der Waals surface area contributed by atoms with E-state index in [2.05, 4.69) is 0 Å². The number of hydrogen-bond acceptors (Lipinski definition) is 2. The number of amides is 1. The summed E-state index contributed by atoms with van der Waals surface area (Å²) in [6.45, 7) is 4.74. The molecule has 0 fully saturated rings. The Labute approximate surface area is 107 Å². The maximum absolute atomic E-state index is 13.6. The van der Waals surface area contributed by atoms with Crippen molar-refractivity contribution in [3.8, 4) is 0 Å². The normalized spacial score (nSPS) is 12.2. The number of halogens is 4. The third kappa shape index (κ3) is 4.42. The zero-order chi connectivity index (χ0) is 14.8. The van der Waals surface area contributed by atoms with Crippen molar-refractivity contribution in [3.05, 3.63) is 29.6 Å². The molecule has 0 heterocycles. The van der Waals surface area contributed by atoms with E-state index in [-0.39, 0.29) is 0 Å². The van der Waals surface area contributed by atoms with Gasteiger partial charge in [-0.3, -0.25) is 5.32 Å². The van der Waals surface area contributed by atoms with Gasteiger partial charge in [0.05, 0.1) is 11.3 Å². The van der Waals surface area contributed by atoms with Crippen molar-refractivity contribution in [2.24, 2.45) is 0 Å². The molecule has 0 saturated carbocycles. The Hall–Kier alpha value is -1.79. The van der Waals surface area contributed by atoms with Crippen LogP contribution in [0.3, 0.4) is 0 Å². The topological polar surface area (TPSA) is 38.3 Å². The Bertz CT molecular complexity index is 478. The second kappa shape index (κ2) is 5.07. The van der Waals surface area contributed by atoms with Crippen molar-refractivity contribution >= 4 is 11.8 Å². The first kappa shape index (κ1) is 15.3. The predicted octanol–water partition coefficient (Wildman–Crippen LogP) is 4.19. The third-order valence-electron chi connectivity index (χ3n) is 1.94. The van der Waals surface area contributed by atoms with Crippen LogP contribution >= 0.6 is 0 Å². The van der Waals surface area contributed by atoms with Crippen molar-refractivity contribution in [1.82, 2.24) is 0 Å². The quantitative estimate of drug-likeness (QED) is 0.783. The van der Waals surface area contributed by atoms with E-state index in [0.29, 0.717) is 6.07 Å². The number of rotatable bonds is 1. The number of carbonyl (C=O) groups is 1. The number of carbonyl (C=O) groups excluding carboxylic acids is 1. The first-order chi connectivity index (χ1) is 8.50. The number of nitrogens with one attached hydrogen (secondary N) is 1. The van der Waals surface area contributed by atoms with E-state index in [1.807, 2.05) is 5.32 Å². The molecule has 19 heavy (non-hydrogen) atoms. The van der Waals surface area contributed by atoms with Crippen LogP contribution in [-0.4, -0.2) is 11.7 Å². The largest absolute Gasteiger partial charge is 0.444 e. The van der Waals surface area contributed by atoms with Crippen LogP contribution in [0.1, 0.15) is 26.3 Å². The molecule has 1 amide bonds. The van der Waals surface area contributed by atoms with Crippen LogP contribution in [0.25, 0.3) is 0 Å². The maximum Gasteiger partial charge on any atom is 0.419 e. The molecular formula is C12H13F4NO2. The standard InChI is InChI=1S/C12H13F4NO2/c1-11(2,3)19-10(18)17-8-6-4-5-7(9(8)13)12(14,15)16/h4-6H,1-3H3,(H,17,18). The van der Waals surface area contributed by atoms with Gasteiger partial charge in [-0.25, -0.2) is 9.18 Å². The zero-order valence-corrected chi connectivity index (χ0v) is 10.6. The van der Waals surface area contributed by atoms with Crippen molar-refractivity contribution in [1.29, 1.82) is 0 Å². The van der Waals surface area contributed by atoms with Gasteiger partial charge in [0.15, 0.2) is 5.82 Å². The van der Waals surface area contributed by atoms with Gasteiger partial charge in [-0.15, -0.1) is 0 Å². The maximum atomic E-state index is 13.6. The molecule has 0 bridgehead atoms. The van der Waals surface area contributed by atoms with Crippen LogP contribution in [0.15, 0.2) is 18.2 Å². The molecule has 0 aliphatic carbocycles. The molecule has 1 N–H and O–H groups in total. The highest BCUT2D eigenvalue weighted by Crippen LogP contribution is 2.33. The lowest BCUT2D eigenvalue weighted by Gasteiger charge is -2.20. The van der Waals surface area contributed by atoms with Crippen LogP contribution in [-0.2, 0) is 10.9 Å². The predicted molar refractivity (Wildman–Crippen MR) is 61.3 cm³/mol. The molecule has 1 rings (SSSR count). The second-order valence-electron chi connectivity index (χ2n) is 4.79. The molecule has 0 unspecified atom stereocenters. The molecule has 0 saturated heterocycles. The fourth-order valence-corrected chi connectivity index (χ4v) is 1.26. The van der Waals surface area contributed by atoms with Crippen molar-refractivity contribution in [2.45, 2.75) is 32.5 Å². The zero-order valence-electron chi connectivity index (χ0n) is 10.6. The van der Waals surface area contributed by atoms with Crippen LogP contribution < -0.4 is 5.32 Å². The minimum atomic E-state index is -4.82. The van der Waals surface area contributed by atoms with Crippen molar-refractivity contribution < 1.29 is 27.1 Å². The van der Waals surface area contributed by atoms with Gasteiger partial charge in [-0.05, 0) is 32.9 Å². The van der Waals surface area contributed by atoms with Gasteiger partial charge < -0.3 is 4.74 Å². The molecule has 0 aliphatic rings. The van der Waals surface area contributed by atoms with E-state index >= 15 is 0 Å². The highest BCUT2D eigenvalue weighted by Gasteiger charge is 2.35. The summed E-state index contributed by atoms with van der Waals surface area (Å²) in [6.07, 6.45) is -5.85. The van der Waals surface area contributed by atoms with Gasteiger partial charge in [0, 0.05) is 0 Å². The lowest BCUT2D eigenvalue weighted by Crippen LogP contribution is -2.27. The lowest BCUT2D eigenvalue weighted by atomic mass is 10.1. The Morgan fingerprint density at radius 3 is 2.26 bits per heavy atom. The van der Waals surface area contributed by atoms with Crippen LogP contribution in [0.5, 0.6) is 0 Å². The van der Waals surface area contributed by atoms with Gasteiger partial charge >= 0.3 is 12.3 Å². The third-order valence-corrected chi connectivity index (χ3v) is 1.94. The van der Waals surface area contributed by atoms with Gasteiger partial charge in [-0.1, -0.05) is 6.07 Å². The van der Waals surface area contributed by atoms with Crippen LogP contribution in [0.2, 0.25) is 0 Å². The molecular weight excluding hydrogens is 266 g/mol. The molecule has 106 valence electrons. The lowest BCUT2D eigenvalue weighted by molar-refractivity contribution is -0.139. The second-order valence-corrected chi connectivity index (χ2v) is 4.79. The molecule has 3 nitrogen and oxygen atoms in total. The Balaban J connectivity index is 2.95. The van der Waals surface area contributed by atoms with Crippen LogP contribution in [0.4, 0.5) is 28.0 Å². The van der Waals surface area contributed by atoms with E-state index < -0.39 is 34.9 Å². The summed E-state index contributed by atoms with van der Waals surface area (Å²) in [5.74, 6) is -1.54. The number of anilines is 1. The summed E-state index contributed by atoms with van der Waals surface area (Å²) in [5.41, 5.74) is -2.85. The first-order valence-electron chi connectivity index (χ1n) is 5.36. The molecule has 7 heteroatoms. The van der Waals surface area contributed by atoms with E-state index in [1.165, 1.54) is 0 Å². The molecule has 1 aromatic rings. The fourth-order valence-electron chi connectivity index (χ4n) is 1.26. The fraction of sp³-hybridized carbons (Fsp3) is 0.417.